The maximum Gasteiger partial charge on any atom is 0.0406 e. The van der Waals surface area contributed by atoms with Gasteiger partial charge in [0.15, 0.2) is 0 Å². The van der Waals surface area contributed by atoms with E-state index in [1.165, 1.54) is 32.7 Å². The van der Waals surface area contributed by atoms with Gasteiger partial charge in [-0.1, -0.05) is 72.3 Å². The second-order valence-corrected chi connectivity index (χ2v) is 6.52. The summed E-state index contributed by atoms with van der Waals surface area (Å²) in [6.45, 7) is 0. The van der Waals surface area contributed by atoms with Crippen LogP contribution in [0.5, 0.6) is 0 Å². The first-order valence-corrected chi connectivity index (χ1v) is 8.27. The average Bonchev–Trinajstić information content (AvgIpc) is 2.57. The number of rotatable bonds is 1. The minimum absolute atomic E-state index is 0.755. The van der Waals surface area contributed by atoms with E-state index in [-0.39, 0.29) is 0 Å². The third kappa shape index (κ3) is 2.13. The van der Waals surface area contributed by atoms with E-state index in [1.54, 1.807) is 0 Å². The molecule has 0 fully saturated rings. The fourth-order valence-electron chi connectivity index (χ4n) is 3.00. The van der Waals surface area contributed by atoms with E-state index in [0.29, 0.717) is 0 Å². The van der Waals surface area contributed by atoms with E-state index < -0.39 is 0 Å². The Morgan fingerprint density at radius 1 is 0.591 bits per heavy atom. The van der Waals surface area contributed by atoms with Crippen molar-refractivity contribution < 1.29 is 0 Å². The largest absolute Gasteiger partial charge is 0.0843 e. The zero-order chi connectivity index (χ0) is 15.1. The van der Waals surface area contributed by atoms with Crippen LogP contribution in [0.25, 0.3) is 32.7 Å². The van der Waals surface area contributed by atoms with Crippen molar-refractivity contribution in [2.45, 2.75) is 0 Å². The van der Waals surface area contributed by atoms with Crippen molar-refractivity contribution in [1.82, 2.24) is 0 Å². The van der Waals surface area contributed by atoms with Crippen LogP contribution in [0.3, 0.4) is 0 Å². The lowest BCUT2D eigenvalue weighted by atomic mass is 9.93. The molecule has 0 bridgehead atoms. The monoisotopic (exact) mass is 366 g/mol. The molecule has 4 aromatic carbocycles. The molecule has 4 aromatic rings. The molecular weight excluding hydrogens is 356 g/mol. The van der Waals surface area contributed by atoms with Crippen LogP contribution in [0, 0.1) is 0 Å². The van der Waals surface area contributed by atoms with Gasteiger partial charge in [-0.15, -0.1) is 0 Å². The summed E-state index contributed by atoms with van der Waals surface area (Å²) < 4.78 is 1.13. The van der Waals surface area contributed by atoms with Crippen LogP contribution < -0.4 is 0 Å². The molecule has 0 aliphatic carbocycles. The highest BCUT2D eigenvalue weighted by atomic mass is 79.9. The van der Waals surface area contributed by atoms with Gasteiger partial charge in [0.2, 0.25) is 0 Å². The minimum atomic E-state index is 0.755. The van der Waals surface area contributed by atoms with Crippen LogP contribution in [0.1, 0.15) is 0 Å². The summed E-state index contributed by atoms with van der Waals surface area (Å²) in [6.07, 6.45) is 0. The highest BCUT2D eigenvalue weighted by molar-refractivity contribution is 9.10. The van der Waals surface area contributed by atoms with Crippen molar-refractivity contribution in [2.24, 2.45) is 0 Å². The van der Waals surface area contributed by atoms with Crippen LogP contribution in [-0.4, -0.2) is 0 Å². The summed E-state index contributed by atoms with van der Waals surface area (Å²) >= 11 is 9.87. The first-order valence-electron chi connectivity index (χ1n) is 7.10. The Morgan fingerprint density at radius 2 is 1.09 bits per heavy atom. The SMILES string of the molecule is Clc1ccc(-c2c(Br)c3ccccc3c3ccccc23)cc1. The molecule has 106 valence electrons. The molecule has 0 amide bonds. The second-order valence-electron chi connectivity index (χ2n) is 5.29. The lowest BCUT2D eigenvalue weighted by Crippen LogP contribution is -1.87. The molecule has 0 aliphatic heterocycles. The summed E-state index contributed by atoms with van der Waals surface area (Å²) in [5.74, 6) is 0. The quantitative estimate of drug-likeness (QED) is 0.315. The van der Waals surface area contributed by atoms with Crippen molar-refractivity contribution in [3.05, 3.63) is 82.3 Å². The molecule has 0 aliphatic rings. The van der Waals surface area contributed by atoms with E-state index >= 15 is 0 Å². The number of hydrogen-bond acceptors (Lipinski definition) is 0. The Morgan fingerprint density at radius 3 is 1.73 bits per heavy atom. The molecule has 0 saturated carbocycles. The van der Waals surface area contributed by atoms with Gasteiger partial charge in [0.1, 0.15) is 0 Å². The Balaban J connectivity index is 2.20. The highest BCUT2D eigenvalue weighted by Crippen LogP contribution is 2.42. The third-order valence-corrected chi connectivity index (χ3v) is 5.08. The Bertz CT molecular complexity index is 988. The van der Waals surface area contributed by atoms with Crippen LogP contribution in [0.4, 0.5) is 0 Å². The lowest BCUT2D eigenvalue weighted by Gasteiger charge is -2.14. The van der Waals surface area contributed by atoms with Gasteiger partial charge in [0.05, 0.1) is 0 Å². The minimum Gasteiger partial charge on any atom is -0.0843 e. The van der Waals surface area contributed by atoms with Gasteiger partial charge < -0.3 is 0 Å². The zero-order valence-electron chi connectivity index (χ0n) is 11.7. The van der Waals surface area contributed by atoms with E-state index in [0.717, 1.165) is 9.50 Å². The first kappa shape index (κ1) is 13.8. The third-order valence-electron chi connectivity index (χ3n) is 4.00. The smallest absolute Gasteiger partial charge is 0.0406 e. The Labute approximate surface area is 142 Å². The fraction of sp³-hybridized carbons (Fsp3) is 0. The molecule has 0 N–H and O–H groups in total. The van der Waals surface area contributed by atoms with Gasteiger partial charge in [0.25, 0.3) is 0 Å². The number of fused-ring (bicyclic) bond motifs is 3. The second kappa shape index (κ2) is 5.42. The van der Waals surface area contributed by atoms with Crippen molar-refractivity contribution in [3.63, 3.8) is 0 Å². The van der Waals surface area contributed by atoms with E-state index in [9.17, 15) is 0 Å². The lowest BCUT2D eigenvalue weighted by molar-refractivity contribution is 1.64. The molecule has 0 unspecified atom stereocenters. The molecule has 4 rings (SSSR count). The van der Waals surface area contributed by atoms with Crippen LogP contribution in [0.2, 0.25) is 5.02 Å². The summed E-state index contributed by atoms with van der Waals surface area (Å²) in [7, 11) is 0. The summed E-state index contributed by atoms with van der Waals surface area (Å²) in [6, 6.07) is 25.1. The molecule has 0 radical (unpaired) electrons. The first-order chi connectivity index (χ1) is 10.8. The van der Waals surface area contributed by atoms with E-state index in [1.807, 2.05) is 12.1 Å². The maximum atomic E-state index is 6.04. The van der Waals surface area contributed by atoms with Crippen LogP contribution in [-0.2, 0) is 0 Å². The van der Waals surface area contributed by atoms with Crippen LogP contribution in [0.15, 0.2) is 77.3 Å². The van der Waals surface area contributed by atoms with Crippen molar-refractivity contribution >= 4 is 49.1 Å². The molecule has 2 heteroatoms. The summed E-state index contributed by atoms with van der Waals surface area (Å²) in [5, 5.41) is 5.76. The number of hydrogen-bond donors (Lipinski definition) is 0. The van der Waals surface area contributed by atoms with Gasteiger partial charge >= 0.3 is 0 Å². The van der Waals surface area contributed by atoms with Gasteiger partial charge in [-0.2, -0.15) is 0 Å². The molecule has 0 saturated heterocycles. The van der Waals surface area contributed by atoms with Gasteiger partial charge in [0, 0.05) is 15.1 Å². The highest BCUT2D eigenvalue weighted by Gasteiger charge is 2.13. The topological polar surface area (TPSA) is 0 Å². The molecule has 0 atom stereocenters. The normalized spacial score (nSPS) is 11.2. The summed E-state index contributed by atoms with van der Waals surface area (Å²) in [5.41, 5.74) is 2.38. The predicted molar refractivity (Wildman–Crippen MR) is 99.6 cm³/mol. The van der Waals surface area contributed by atoms with Crippen molar-refractivity contribution in [2.75, 3.05) is 0 Å². The fourth-order valence-corrected chi connectivity index (χ4v) is 3.91. The number of benzene rings is 4. The molecule has 0 spiro atoms. The van der Waals surface area contributed by atoms with E-state index in [2.05, 4.69) is 76.6 Å². The Kier molecular flexibility index (Phi) is 3.40. The summed E-state index contributed by atoms with van der Waals surface area (Å²) in [4.78, 5) is 0. The van der Waals surface area contributed by atoms with Crippen molar-refractivity contribution in [1.29, 1.82) is 0 Å². The standard InChI is InChI=1S/C20H12BrCl/c21-20-18-8-4-2-6-16(18)15-5-1-3-7-17(15)19(20)13-9-11-14(22)12-10-13/h1-12H. The van der Waals surface area contributed by atoms with Gasteiger partial charge in [-0.3, -0.25) is 0 Å². The van der Waals surface area contributed by atoms with Gasteiger partial charge in [-0.05, 0) is 55.2 Å². The molecular formula is C20H12BrCl. The van der Waals surface area contributed by atoms with Crippen LogP contribution >= 0.6 is 27.5 Å². The maximum absolute atomic E-state index is 6.04. The Hall–Kier alpha value is -1.83. The predicted octanol–water partition coefficient (Wildman–Crippen LogP) is 7.08. The number of halogens is 2. The zero-order valence-corrected chi connectivity index (χ0v) is 14.0. The molecule has 0 nitrogen and oxygen atoms in total. The van der Waals surface area contributed by atoms with Crippen molar-refractivity contribution in [3.8, 4) is 11.1 Å². The van der Waals surface area contributed by atoms with Gasteiger partial charge in [-0.25, -0.2) is 0 Å². The average molecular weight is 368 g/mol. The molecule has 0 heterocycles. The van der Waals surface area contributed by atoms with E-state index in [4.69, 9.17) is 11.6 Å². The molecule has 0 aromatic heterocycles. The molecule has 22 heavy (non-hydrogen) atoms.